The number of benzene rings is 1. The number of halogens is 1. The lowest BCUT2D eigenvalue weighted by molar-refractivity contribution is -0.122. The van der Waals surface area contributed by atoms with E-state index in [-0.39, 0.29) is 18.0 Å². The Labute approximate surface area is 157 Å². The van der Waals surface area contributed by atoms with Crippen molar-refractivity contribution in [2.45, 2.75) is 38.6 Å². The molecule has 0 atom stereocenters. The van der Waals surface area contributed by atoms with Gasteiger partial charge in [0.1, 0.15) is 5.75 Å². The topological polar surface area (TPSA) is 67.9 Å². The van der Waals surface area contributed by atoms with Crippen LogP contribution in [0.15, 0.2) is 22.7 Å². The molecule has 1 aliphatic rings. The second kappa shape index (κ2) is 9.65. The Morgan fingerprint density at radius 2 is 2.04 bits per heavy atom. The van der Waals surface area contributed by atoms with Crippen molar-refractivity contribution in [2.75, 3.05) is 26.8 Å². The summed E-state index contributed by atoms with van der Waals surface area (Å²) in [7, 11) is 1.63. The molecule has 1 saturated heterocycles. The fraction of sp³-hybridized carbons (Fsp3) is 0.556. The van der Waals surface area contributed by atoms with Crippen molar-refractivity contribution < 1.29 is 19.1 Å². The Morgan fingerprint density at radius 3 is 2.64 bits per heavy atom. The number of carbonyl (C=O) groups is 2. The lowest BCUT2D eigenvalue weighted by Crippen LogP contribution is -2.46. The number of rotatable bonds is 6. The summed E-state index contributed by atoms with van der Waals surface area (Å²) in [4.78, 5) is 25.5. The maximum Gasteiger partial charge on any atom is 0.409 e. The lowest BCUT2D eigenvalue weighted by Gasteiger charge is -2.31. The zero-order valence-electron chi connectivity index (χ0n) is 14.7. The van der Waals surface area contributed by atoms with E-state index in [4.69, 9.17) is 9.47 Å². The molecule has 0 unspecified atom stereocenters. The highest BCUT2D eigenvalue weighted by Crippen LogP contribution is 2.26. The molecule has 1 fully saturated rings. The third kappa shape index (κ3) is 5.92. The average Bonchev–Trinajstić information content (AvgIpc) is 2.61. The van der Waals surface area contributed by atoms with Gasteiger partial charge < -0.3 is 19.7 Å². The zero-order chi connectivity index (χ0) is 18.2. The first kappa shape index (κ1) is 19.6. The molecule has 1 heterocycles. The van der Waals surface area contributed by atoms with Gasteiger partial charge in [-0.25, -0.2) is 4.79 Å². The van der Waals surface area contributed by atoms with Crippen molar-refractivity contribution in [2.24, 2.45) is 0 Å². The maximum absolute atomic E-state index is 12.2. The van der Waals surface area contributed by atoms with Crippen LogP contribution < -0.4 is 10.1 Å². The van der Waals surface area contributed by atoms with E-state index in [1.165, 1.54) is 0 Å². The molecule has 25 heavy (non-hydrogen) atoms. The number of piperidine rings is 1. The molecule has 1 aliphatic heterocycles. The summed E-state index contributed by atoms with van der Waals surface area (Å²) in [6.07, 6.45) is 2.38. The van der Waals surface area contributed by atoms with Gasteiger partial charge in [-0.15, -0.1) is 0 Å². The Morgan fingerprint density at radius 1 is 1.32 bits per heavy atom. The van der Waals surface area contributed by atoms with Gasteiger partial charge >= 0.3 is 6.09 Å². The van der Waals surface area contributed by atoms with Gasteiger partial charge in [-0.05, 0) is 59.8 Å². The summed E-state index contributed by atoms with van der Waals surface area (Å²) < 4.78 is 11.1. The molecule has 7 heteroatoms. The van der Waals surface area contributed by atoms with Crippen LogP contribution in [-0.4, -0.2) is 49.7 Å². The molecule has 138 valence electrons. The van der Waals surface area contributed by atoms with Crippen molar-refractivity contribution in [3.63, 3.8) is 0 Å². The van der Waals surface area contributed by atoms with E-state index in [9.17, 15) is 9.59 Å². The van der Waals surface area contributed by atoms with Crippen molar-refractivity contribution >= 4 is 27.9 Å². The minimum atomic E-state index is -0.266. The van der Waals surface area contributed by atoms with Crippen LogP contribution in [0.3, 0.4) is 0 Å². The molecular formula is C18H25BrN2O4. The van der Waals surface area contributed by atoms with Gasteiger partial charge in [0.25, 0.3) is 0 Å². The smallest absolute Gasteiger partial charge is 0.409 e. The molecule has 1 aromatic carbocycles. The van der Waals surface area contributed by atoms with Crippen molar-refractivity contribution in [3.05, 3.63) is 28.2 Å². The SMILES string of the molecule is CCOC(=O)N1CCC(NC(=O)CCc2ccc(OC)c(Br)c2)CC1. The molecule has 0 aromatic heterocycles. The zero-order valence-corrected chi connectivity index (χ0v) is 16.3. The van der Waals surface area contributed by atoms with Crippen LogP contribution in [0.5, 0.6) is 5.75 Å². The Hall–Kier alpha value is -1.76. The van der Waals surface area contributed by atoms with E-state index in [0.717, 1.165) is 28.6 Å². The molecule has 0 saturated carbocycles. The highest BCUT2D eigenvalue weighted by atomic mass is 79.9. The molecule has 6 nitrogen and oxygen atoms in total. The van der Waals surface area contributed by atoms with E-state index >= 15 is 0 Å². The summed E-state index contributed by atoms with van der Waals surface area (Å²) in [6, 6.07) is 5.96. The summed E-state index contributed by atoms with van der Waals surface area (Å²) in [5, 5.41) is 3.06. The van der Waals surface area contributed by atoms with Crippen LogP contribution in [0.1, 0.15) is 31.7 Å². The standard InChI is InChI=1S/C18H25BrN2O4/c1-3-25-18(23)21-10-8-14(9-11-21)20-17(22)7-5-13-4-6-16(24-2)15(19)12-13/h4,6,12,14H,3,5,7-11H2,1-2H3,(H,20,22). The van der Waals surface area contributed by atoms with E-state index < -0.39 is 0 Å². The Kier molecular flexibility index (Phi) is 7.55. The monoisotopic (exact) mass is 412 g/mol. The third-order valence-corrected chi connectivity index (χ3v) is 4.86. The average molecular weight is 413 g/mol. The van der Waals surface area contributed by atoms with Gasteiger partial charge in [0.15, 0.2) is 0 Å². The minimum absolute atomic E-state index is 0.0431. The third-order valence-electron chi connectivity index (χ3n) is 4.24. The molecule has 1 aromatic rings. The molecule has 1 N–H and O–H groups in total. The van der Waals surface area contributed by atoms with Gasteiger partial charge in [-0.3, -0.25) is 4.79 Å². The quantitative estimate of drug-likeness (QED) is 0.778. The van der Waals surface area contributed by atoms with Gasteiger partial charge in [-0.2, -0.15) is 0 Å². The van der Waals surface area contributed by atoms with Crippen LogP contribution in [0.2, 0.25) is 0 Å². The number of nitrogens with one attached hydrogen (secondary N) is 1. The second-order valence-corrected chi connectivity index (χ2v) is 6.85. The van der Waals surface area contributed by atoms with Crippen LogP contribution in [-0.2, 0) is 16.0 Å². The van der Waals surface area contributed by atoms with Crippen LogP contribution in [0.4, 0.5) is 4.79 Å². The number of nitrogens with zero attached hydrogens (tertiary/aromatic N) is 1. The fourth-order valence-electron chi connectivity index (χ4n) is 2.84. The Bertz CT molecular complexity index is 601. The summed E-state index contributed by atoms with van der Waals surface area (Å²) in [5.41, 5.74) is 1.08. The molecule has 0 radical (unpaired) electrons. The van der Waals surface area contributed by atoms with E-state index in [1.807, 2.05) is 18.2 Å². The predicted octanol–water partition coefficient (Wildman–Crippen LogP) is 3.13. The first-order valence-electron chi connectivity index (χ1n) is 8.57. The van der Waals surface area contributed by atoms with Crippen molar-refractivity contribution in [3.8, 4) is 5.75 Å². The number of hydrogen-bond donors (Lipinski definition) is 1. The first-order chi connectivity index (χ1) is 12.0. The van der Waals surface area contributed by atoms with Gasteiger partial charge in [0, 0.05) is 25.6 Å². The molecular weight excluding hydrogens is 388 g/mol. The second-order valence-electron chi connectivity index (χ2n) is 6.00. The maximum atomic E-state index is 12.2. The minimum Gasteiger partial charge on any atom is -0.496 e. The van der Waals surface area contributed by atoms with Crippen molar-refractivity contribution in [1.82, 2.24) is 10.2 Å². The first-order valence-corrected chi connectivity index (χ1v) is 9.36. The van der Waals surface area contributed by atoms with Crippen LogP contribution >= 0.6 is 15.9 Å². The van der Waals surface area contributed by atoms with Gasteiger partial charge in [-0.1, -0.05) is 6.07 Å². The predicted molar refractivity (Wildman–Crippen MR) is 98.8 cm³/mol. The Balaban J connectivity index is 1.72. The number of likely N-dealkylation sites (tertiary alicyclic amines) is 1. The van der Waals surface area contributed by atoms with E-state index in [0.29, 0.717) is 32.5 Å². The normalized spacial score (nSPS) is 14.9. The number of amides is 2. The highest BCUT2D eigenvalue weighted by molar-refractivity contribution is 9.10. The largest absolute Gasteiger partial charge is 0.496 e. The molecule has 2 rings (SSSR count). The van der Waals surface area contributed by atoms with E-state index in [1.54, 1.807) is 18.9 Å². The number of hydrogen-bond acceptors (Lipinski definition) is 4. The molecule has 2 amide bonds. The number of methoxy groups -OCH3 is 1. The number of carbonyl (C=O) groups excluding carboxylic acids is 2. The molecule has 0 spiro atoms. The van der Waals surface area contributed by atoms with Gasteiger partial charge in [0.2, 0.25) is 5.91 Å². The summed E-state index contributed by atoms with van der Waals surface area (Å²) in [5.74, 6) is 0.822. The number of aryl methyl sites for hydroxylation is 1. The molecule has 0 aliphatic carbocycles. The van der Waals surface area contributed by atoms with Crippen LogP contribution in [0.25, 0.3) is 0 Å². The molecule has 0 bridgehead atoms. The lowest BCUT2D eigenvalue weighted by atomic mass is 10.0. The number of ether oxygens (including phenoxy) is 2. The van der Waals surface area contributed by atoms with Crippen LogP contribution in [0, 0.1) is 0 Å². The highest BCUT2D eigenvalue weighted by Gasteiger charge is 2.24. The van der Waals surface area contributed by atoms with Gasteiger partial charge in [0.05, 0.1) is 18.2 Å². The summed E-state index contributed by atoms with van der Waals surface area (Å²) >= 11 is 3.45. The fourth-order valence-corrected chi connectivity index (χ4v) is 3.43. The van der Waals surface area contributed by atoms with E-state index in [2.05, 4.69) is 21.2 Å². The summed E-state index contributed by atoms with van der Waals surface area (Å²) in [6.45, 7) is 3.42. The van der Waals surface area contributed by atoms with Crippen molar-refractivity contribution in [1.29, 1.82) is 0 Å².